The third-order valence-electron chi connectivity index (χ3n) is 7.47. The smallest absolute Gasteiger partial charge is 0.316 e. The van der Waals surface area contributed by atoms with Gasteiger partial charge in [0.25, 0.3) is 0 Å². The lowest BCUT2D eigenvalue weighted by molar-refractivity contribution is -0.137. The van der Waals surface area contributed by atoms with Crippen molar-refractivity contribution in [3.8, 4) is 0 Å². The summed E-state index contributed by atoms with van der Waals surface area (Å²) in [7, 11) is 0. The lowest BCUT2D eigenvalue weighted by Gasteiger charge is -2.06. The fourth-order valence-corrected chi connectivity index (χ4v) is 5.41. The predicted octanol–water partition coefficient (Wildman–Crippen LogP) is 12.9. The van der Waals surface area contributed by atoms with E-state index in [4.69, 9.17) is 10.2 Å². The number of unbranched alkanes of at least 4 members (excludes halogenated alkanes) is 24. The molecule has 0 aromatic carbocycles. The molecule has 4 nitrogen and oxygen atoms in total. The summed E-state index contributed by atoms with van der Waals surface area (Å²) in [5, 5.41) is 16.3. The van der Waals surface area contributed by atoms with Gasteiger partial charge in [-0.15, -0.1) is 11.8 Å². The van der Waals surface area contributed by atoms with Crippen LogP contribution in [0, 0.1) is 0 Å². The average Bonchev–Trinajstić information content (AvgIpc) is 2.96. The first kappa shape index (κ1) is 44.7. The Labute approximate surface area is 262 Å². The zero-order chi connectivity index (χ0) is 31.2. The Balaban J connectivity index is -0.000000700. The Morgan fingerprint density at radius 3 is 0.878 bits per heavy atom. The van der Waals surface area contributed by atoms with Crippen LogP contribution in [-0.2, 0) is 9.59 Å². The zero-order valence-electron chi connectivity index (χ0n) is 28.5. The van der Waals surface area contributed by atoms with Crippen LogP contribution < -0.4 is 0 Å². The molecule has 0 saturated carbocycles. The second kappa shape index (κ2) is 41.4. The monoisotopic (exact) mass is 603 g/mol. The van der Waals surface area contributed by atoms with E-state index in [9.17, 15) is 9.59 Å². The van der Waals surface area contributed by atoms with E-state index >= 15 is 0 Å². The summed E-state index contributed by atoms with van der Waals surface area (Å²) in [6.45, 7) is 10.2. The van der Waals surface area contributed by atoms with Crippen molar-refractivity contribution >= 4 is 23.7 Å². The molecule has 0 aromatic rings. The molecule has 0 rings (SSSR count). The number of hydrogen-bond acceptors (Lipinski definition) is 3. The molecule has 41 heavy (non-hydrogen) atoms. The highest BCUT2D eigenvalue weighted by Crippen LogP contribution is 2.16. The quantitative estimate of drug-likeness (QED) is 0.0833. The summed E-state index contributed by atoms with van der Waals surface area (Å²) >= 11 is 1.57. The summed E-state index contributed by atoms with van der Waals surface area (Å²) in [5.74, 6) is -0.437. The van der Waals surface area contributed by atoms with Crippen molar-refractivity contribution < 1.29 is 19.8 Å². The first-order valence-electron chi connectivity index (χ1n) is 17.9. The molecule has 0 aliphatic heterocycles. The van der Waals surface area contributed by atoms with Crippen molar-refractivity contribution in [3.63, 3.8) is 0 Å². The van der Waals surface area contributed by atoms with Crippen molar-refractivity contribution in [3.05, 3.63) is 0 Å². The first-order chi connectivity index (χ1) is 19.9. The number of aliphatic carboxylic acids is 2. The van der Waals surface area contributed by atoms with E-state index in [1.165, 1.54) is 167 Å². The molecular formula is C36H74O4S. The van der Waals surface area contributed by atoms with Crippen LogP contribution in [0.3, 0.4) is 0 Å². The van der Waals surface area contributed by atoms with Crippen molar-refractivity contribution in [1.29, 1.82) is 0 Å². The van der Waals surface area contributed by atoms with Gasteiger partial charge in [-0.25, -0.2) is 0 Å². The number of carboxylic acid groups (broad SMARTS) is 2. The van der Waals surface area contributed by atoms with Crippen LogP contribution in [0.15, 0.2) is 0 Å². The minimum absolute atomic E-state index is 0.222. The van der Waals surface area contributed by atoms with E-state index in [2.05, 4.69) is 20.8 Å². The van der Waals surface area contributed by atoms with Gasteiger partial charge in [-0.1, -0.05) is 188 Å². The van der Waals surface area contributed by atoms with E-state index in [-0.39, 0.29) is 11.7 Å². The van der Waals surface area contributed by atoms with Crippen molar-refractivity contribution in [2.24, 2.45) is 0 Å². The van der Waals surface area contributed by atoms with Gasteiger partial charge < -0.3 is 10.2 Å². The number of thioether (sulfide) groups is 1. The van der Waals surface area contributed by atoms with E-state index in [1.807, 2.05) is 0 Å². The van der Waals surface area contributed by atoms with E-state index < -0.39 is 11.9 Å². The van der Waals surface area contributed by atoms with E-state index in [1.54, 1.807) is 25.6 Å². The molecule has 0 aliphatic carbocycles. The van der Waals surface area contributed by atoms with E-state index in [0.717, 1.165) is 5.75 Å². The Kier molecular flexibility index (Phi) is 45.2. The molecule has 0 radical (unpaired) electrons. The molecule has 0 spiro atoms. The summed E-state index contributed by atoms with van der Waals surface area (Å²) in [6.07, 6.45) is 36.8. The number of hydrogen-bond donors (Lipinski definition) is 2. The van der Waals surface area contributed by atoms with Gasteiger partial charge in [0.05, 0.1) is 5.25 Å². The van der Waals surface area contributed by atoms with Gasteiger partial charge >= 0.3 is 11.9 Å². The van der Waals surface area contributed by atoms with Gasteiger partial charge in [-0.3, -0.25) is 9.59 Å². The zero-order valence-corrected chi connectivity index (χ0v) is 29.3. The molecule has 1 atom stereocenters. The minimum Gasteiger partial charge on any atom is -0.481 e. The number of rotatable bonds is 29. The van der Waals surface area contributed by atoms with Gasteiger partial charge in [0, 0.05) is 6.42 Å². The highest BCUT2D eigenvalue weighted by Gasteiger charge is 2.09. The topological polar surface area (TPSA) is 74.6 Å². The number of carboxylic acids is 2. The molecule has 0 heterocycles. The molecular weight excluding hydrogens is 528 g/mol. The third kappa shape index (κ3) is 49.3. The normalized spacial score (nSPS) is 11.2. The molecule has 2 N–H and O–H groups in total. The molecule has 248 valence electrons. The van der Waals surface area contributed by atoms with Crippen LogP contribution >= 0.6 is 11.8 Å². The molecule has 1 unspecified atom stereocenters. The molecule has 0 aromatic heterocycles. The predicted molar refractivity (Wildman–Crippen MR) is 185 cm³/mol. The van der Waals surface area contributed by atoms with Crippen molar-refractivity contribution in [2.45, 2.75) is 213 Å². The lowest BCUT2D eigenvalue weighted by Crippen LogP contribution is -2.11. The van der Waals surface area contributed by atoms with Gasteiger partial charge in [0.1, 0.15) is 0 Å². The van der Waals surface area contributed by atoms with Gasteiger partial charge in [-0.2, -0.15) is 0 Å². The summed E-state index contributed by atoms with van der Waals surface area (Å²) in [4.78, 5) is 20.0. The first-order valence-corrected chi connectivity index (χ1v) is 19.0. The Bertz CT molecular complexity index is 488. The second-order valence-electron chi connectivity index (χ2n) is 11.7. The maximum Gasteiger partial charge on any atom is 0.316 e. The third-order valence-corrected chi connectivity index (χ3v) is 8.70. The fourth-order valence-electron chi connectivity index (χ4n) is 4.54. The van der Waals surface area contributed by atoms with Crippen LogP contribution in [0.5, 0.6) is 0 Å². The summed E-state index contributed by atoms with van der Waals surface area (Å²) in [5.41, 5.74) is 0. The van der Waals surface area contributed by atoms with Crippen LogP contribution in [0.2, 0.25) is 0 Å². The SMILES string of the molecule is CCC(=O)O.CCCCCCCCCCCC.CCCCCCCCCCCCCCCCCCSC(C)C(=O)O. The minimum atomic E-state index is -0.745. The summed E-state index contributed by atoms with van der Waals surface area (Å²) in [6, 6.07) is 0. The Hall–Kier alpha value is -0.710. The highest BCUT2D eigenvalue weighted by atomic mass is 32.2. The lowest BCUT2D eigenvalue weighted by atomic mass is 10.0. The van der Waals surface area contributed by atoms with Crippen LogP contribution in [0.25, 0.3) is 0 Å². The Morgan fingerprint density at radius 1 is 0.463 bits per heavy atom. The van der Waals surface area contributed by atoms with Gasteiger partial charge in [0.2, 0.25) is 0 Å². The molecule has 0 saturated heterocycles. The molecule has 0 aliphatic rings. The molecule has 0 bridgehead atoms. The summed E-state index contributed by atoms with van der Waals surface area (Å²) < 4.78 is 0. The maximum atomic E-state index is 10.7. The molecule has 0 amide bonds. The van der Waals surface area contributed by atoms with Crippen LogP contribution in [0.4, 0.5) is 0 Å². The van der Waals surface area contributed by atoms with Crippen LogP contribution in [0.1, 0.15) is 208 Å². The molecule has 5 heteroatoms. The second-order valence-corrected chi connectivity index (χ2v) is 13.2. The largest absolute Gasteiger partial charge is 0.481 e. The Morgan fingerprint density at radius 2 is 0.683 bits per heavy atom. The average molecular weight is 603 g/mol. The fraction of sp³-hybridized carbons (Fsp3) is 0.944. The maximum absolute atomic E-state index is 10.7. The van der Waals surface area contributed by atoms with Gasteiger partial charge in [0.15, 0.2) is 0 Å². The van der Waals surface area contributed by atoms with Crippen molar-refractivity contribution in [2.75, 3.05) is 5.75 Å². The standard InChI is InChI=1S/C21H42O2S.C12H26.C3H6O2/c1-3-4-5-6-7-8-9-10-11-12-13-14-15-16-17-18-19-24-20(2)21(22)23;1-3-5-7-9-11-12-10-8-6-4-2;1-2-3(4)5/h20H,3-19H2,1-2H3,(H,22,23);3-12H2,1-2H3;2H2,1H3,(H,4,5). The highest BCUT2D eigenvalue weighted by molar-refractivity contribution is 8.00. The number of carbonyl (C=O) groups is 2. The van der Waals surface area contributed by atoms with Crippen molar-refractivity contribution in [1.82, 2.24) is 0 Å². The van der Waals surface area contributed by atoms with Crippen LogP contribution in [-0.4, -0.2) is 33.2 Å². The van der Waals surface area contributed by atoms with Gasteiger partial charge in [-0.05, 0) is 19.1 Å². The van der Waals surface area contributed by atoms with E-state index in [0.29, 0.717) is 0 Å². The molecule has 0 fully saturated rings.